The number of benzene rings is 1. The SMILES string of the molecule is COC1(CCC(C)C)CCN(c2cc(F)c(C(C)CCC(=O)NC=O)c(F)c2)CC1. The topological polar surface area (TPSA) is 58.6 Å². The van der Waals surface area contributed by atoms with Crippen LogP contribution in [0.3, 0.4) is 0 Å². The van der Waals surface area contributed by atoms with Gasteiger partial charge in [0, 0.05) is 37.9 Å². The molecule has 1 N–H and O–H groups in total. The largest absolute Gasteiger partial charge is 0.378 e. The maximum absolute atomic E-state index is 14.8. The second kappa shape index (κ2) is 10.8. The van der Waals surface area contributed by atoms with Crippen molar-refractivity contribution in [1.29, 1.82) is 0 Å². The van der Waals surface area contributed by atoms with E-state index in [1.807, 2.05) is 10.2 Å². The summed E-state index contributed by atoms with van der Waals surface area (Å²) in [5.41, 5.74) is 0.361. The van der Waals surface area contributed by atoms with Crippen LogP contribution in [0.2, 0.25) is 0 Å². The van der Waals surface area contributed by atoms with Gasteiger partial charge < -0.3 is 9.64 Å². The summed E-state index contributed by atoms with van der Waals surface area (Å²) in [5.74, 6) is -1.53. The predicted octanol–water partition coefficient (Wildman–Crippen LogP) is 4.54. The number of ether oxygens (including phenoxy) is 1. The fourth-order valence-corrected chi connectivity index (χ4v) is 4.13. The van der Waals surface area contributed by atoms with E-state index in [1.165, 1.54) is 12.1 Å². The second-order valence-corrected chi connectivity index (χ2v) is 8.75. The van der Waals surface area contributed by atoms with Gasteiger partial charge in [-0.15, -0.1) is 0 Å². The van der Waals surface area contributed by atoms with Crippen LogP contribution in [0.4, 0.5) is 14.5 Å². The summed E-state index contributed by atoms with van der Waals surface area (Å²) < 4.78 is 35.4. The number of carbonyl (C=O) groups excluding carboxylic acids is 2. The Morgan fingerprint density at radius 1 is 1.20 bits per heavy atom. The van der Waals surface area contributed by atoms with E-state index in [0.29, 0.717) is 31.1 Å². The van der Waals surface area contributed by atoms with Crippen LogP contribution in [-0.2, 0) is 14.3 Å². The molecule has 0 saturated carbocycles. The Balaban J connectivity index is 2.05. The van der Waals surface area contributed by atoms with Crippen LogP contribution in [0.15, 0.2) is 12.1 Å². The van der Waals surface area contributed by atoms with E-state index >= 15 is 0 Å². The summed E-state index contributed by atoms with van der Waals surface area (Å²) in [6.45, 7) is 7.44. The average molecular weight is 425 g/mol. The van der Waals surface area contributed by atoms with E-state index in [1.54, 1.807) is 14.0 Å². The van der Waals surface area contributed by atoms with E-state index in [-0.39, 0.29) is 24.0 Å². The summed E-state index contributed by atoms with van der Waals surface area (Å²) in [4.78, 5) is 23.7. The first-order chi connectivity index (χ1) is 14.2. The van der Waals surface area contributed by atoms with Crippen LogP contribution in [0.5, 0.6) is 0 Å². The lowest BCUT2D eigenvalue weighted by molar-refractivity contribution is -0.125. The molecule has 1 aromatic rings. The Bertz CT molecular complexity index is 708. The Morgan fingerprint density at radius 3 is 2.30 bits per heavy atom. The van der Waals surface area contributed by atoms with Crippen molar-refractivity contribution in [1.82, 2.24) is 5.32 Å². The summed E-state index contributed by atoms with van der Waals surface area (Å²) in [7, 11) is 1.75. The van der Waals surface area contributed by atoms with Gasteiger partial charge in [-0.05, 0) is 56.1 Å². The summed E-state index contributed by atoms with van der Waals surface area (Å²) in [5, 5.41) is 2.04. The van der Waals surface area contributed by atoms with Crippen LogP contribution in [0, 0.1) is 17.6 Å². The van der Waals surface area contributed by atoms with Gasteiger partial charge in [-0.1, -0.05) is 20.8 Å². The highest BCUT2D eigenvalue weighted by molar-refractivity contribution is 5.85. The van der Waals surface area contributed by atoms with E-state index in [0.717, 1.165) is 25.7 Å². The lowest BCUT2D eigenvalue weighted by atomic mass is 9.84. The maximum Gasteiger partial charge on any atom is 0.226 e. The monoisotopic (exact) mass is 424 g/mol. The van der Waals surface area contributed by atoms with Crippen molar-refractivity contribution in [2.24, 2.45) is 5.92 Å². The average Bonchev–Trinajstić information content (AvgIpc) is 2.71. The molecule has 7 heteroatoms. The number of hydrogen-bond donors (Lipinski definition) is 1. The maximum atomic E-state index is 14.8. The molecular formula is C23H34F2N2O3. The van der Waals surface area contributed by atoms with Crippen molar-refractivity contribution in [2.75, 3.05) is 25.1 Å². The van der Waals surface area contributed by atoms with E-state index in [9.17, 15) is 18.4 Å². The highest BCUT2D eigenvalue weighted by Gasteiger charge is 2.35. The van der Waals surface area contributed by atoms with Gasteiger partial charge >= 0.3 is 0 Å². The van der Waals surface area contributed by atoms with Crippen molar-refractivity contribution >= 4 is 18.0 Å². The van der Waals surface area contributed by atoms with Crippen LogP contribution in [0.25, 0.3) is 0 Å². The van der Waals surface area contributed by atoms with Crippen molar-refractivity contribution in [3.05, 3.63) is 29.3 Å². The number of methoxy groups -OCH3 is 1. The van der Waals surface area contributed by atoms with Gasteiger partial charge in [0.25, 0.3) is 0 Å². The molecule has 0 bridgehead atoms. The van der Waals surface area contributed by atoms with E-state index < -0.39 is 23.5 Å². The van der Waals surface area contributed by atoms with Gasteiger partial charge in [-0.25, -0.2) is 8.78 Å². The smallest absolute Gasteiger partial charge is 0.226 e. The standard InChI is InChI=1S/C23H34F2N2O3/c1-16(2)7-8-23(30-4)9-11-27(12-10-23)18-13-19(24)22(20(25)14-18)17(3)5-6-21(29)26-15-28/h13-17H,5-12H2,1-4H3,(H,26,28,29). The lowest BCUT2D eigenvalue weighted by Gasteiger charge is -2.42. The predicted molar refractivity (Wildman–Crippen MR) is 113 cm³/mol. The molecule has 0 aliphatic carbocycles. The number of rotatable bonds is 10. The van der Waals surface area contributed by atoms with Crippen molar-refractivity contribution in [2.45, 2.75) is 70.8 Å². The quantitative estimate of drug-likeness (QED) is 0.560. The number of amides is 2. The molecule has 1 aromatic carbocycles. The van der Waals surface area contributed by atoms with Gasteiger partial charge in [0.1, 0.15) is 11.6 Å². The zero-order chi connectivity index (χ0) is 22.3. The van der Waals surface area contributed by atoms with Crippen LogP contribution in [0.1, 0.15) is 70.8 Å². The Kier molecular flexibility index (Phi) is 8.77. The Labute approximate surface area is 178 Å². The number of anilines is 1. The van der Waals surface area contributed by atoms with E-state index in [2.05, 4.69) is 13.8 Å². The number of halogens is 2. The number of nitrogens with zero attached hydrogens (tertiary/aromatic N) is 1. The van der Waals surface area contributed by atoms with Crippen molar-refractivity contribution in [3.8, 4) is 0 Å². The number of carbonyl (C=O) groups is 2. The third-order valence-electron chi connectivity index (χ3n) is 6.23. The molecule has 1 atom stereocenters. The molecule has 1 heterocycles. The highest BCUT2D eigenvalue weighted by Crippen LogP contribution is 2.35. The number of imide groups is 1. The van der Waals surface area contributed by atoms with Crippen LogP contribution in [-0.4, -0.2) is 38.1 Å². The molecule has 0 aromatic heterocycles. The summed E-state index contributed by atoms with van der Waals surface area (Å²) >= 11 is 0. The molecule has 1 aliphatic rings. The first-order valence-electron chi connectivity index (χ1n) is 10.7. The summed E-state index contributed by atoms with van der Waals surface area (Å²) in [6.07, 6.45) is 4.32. The molecule has 0 radical (unpaired) electrons. The van der Waals surface area contributed by atoms with Gasteiger partial charge in [0.2, 0.25) is 12.3 Å². The minimum absolute atomic E-state index is 0.0159. The van der Waals surface area contributed by atoms with Crippen LogP contribution < -0.4 is 10.2 Å². The molecule has 5 nitrogen and oxygen atoms in total. The van der Waals surface area contributed by atoms with E-state index in [4.69, 9.17) is 4.74 Å². The molecule has 1 fully saturated rings. The summed E-state index contributed by atoms with van der Waals surface area (Å²) in [6, 6.07) is 2.77. The fraction of sp³-hybridized carbons (Fsp3) is 0.652. The molecule has 1 saturated heterocycles. The van der Waals surface area contributed by atoms with Gasteiger partial charge in [0.05, 0.1) is 5.60 Å². The minimum Gasteiger partial charge on any atom is -0.378 e. The second-order valence-electron chi connectivity index (χ2n) is 8.75. The Morgan fingerprint density at radius 2 is 1.80 bits per heavy atom. The third-order valence-corrected chi connectivity index (χ3v) is 6.23. The third kappa shape index (κ3) is 6.24. The normalized spacial score (nSPS) is 17.1. The zero-order valence-electron chi connectivity index (χ0n) is 18.5. The molecule has 30 heavy (non-hydrogen) atoms. The number of nitrogens with one attached hydrogen (secondary N) is 1. The first kappa shape index (κ1) is 24.3. The number of hydrogen-bond acceptors (Lipinski definition) is 4. The molecule has 1 aliphatic heterocycles. The zero-order valence-corrected chi connectivity index (χ0v) is 18.5. The molecule has 1 unspecified atom stereocenters. The highest BCUT2D eigenvalue weighted by atomic mass is 19.1. The van der Waals surface area contributed by atoms with Crippen LogP contribution >= 0.6 is 0 Å². The van der Waals surface area contributed by atoms with Gasteiger partial charge in [0.15, 0.2) is 0 Å². The fourth-order valence-electron chi connectivity index (χ4n) is 4.13. The van der Waals surface area contributed by atoms with Crippen molar-refractivity contribution in [3.63, 3.8) is 0 Å². The molecule has 0 spiro atoms. The Hall–Kier alpha value is -2.02. The van der Waals surface area contributed by atoms with Gasteiger partial charge in [-0.3, -0.25) is 14.9 Å². The minimum atomic E-state index is -0.600. The number of piperidine rings is 1. The molecule has 2 amide bonds. The van der Waals surface area contributed by atoms with Crippen molar-refractivity contribution < 1.29 is 23.1 Å². The molecular weight excluding hydrogens is 390 g/mol. The lowest BCUT2D eigenvalue weighted by Crippen LogP contribution is -2.46. The molecule has 2 rings (SSSR count). The molecule has 168 valence electrons. The first-order valence-corrected chi connectivity index (χ1v) is 10.7. The van der Waals surface area contributed by atoms with Gasteiger partial charge in [-0.2, -0.15) is 0 Å².